The maximum absolute atomic E-state index is 13.8. The molecule has 1 aromatic carbocycles. The van der Waals surface area contributed by atoms with Crippen LogP contribution in [-0.4, -0.2) is 141 Å². The highest BCUT2D eigenvalue weighted by Gasteiger charge is 2.38. The number of carbonyl (C=O) groups is 9. The van der Waals surface area contributed by atoms with E-state index in [2.05, 4.69) is 37.2 Å². The lowest BCUT2D eigenvalue weighted by Crippen LogP contribution is -2.61. The zero-order chi connectivity index (χ0) is 49.6. The second kappa shape index (κ2) is 28.0. The van der Waals surface area contributed by atoms with Crippen molar-refractivity contribution in [3.05, 3.63) is 29.8 Å². The lowest BCUT2D eigenvalue weighted by molar-refractivity contribution is -0.192. The summed E-state index contributed by atoms with van der Waals surface area (Å²) in [7, 11) is 0. The fourth-order valence-corrected chi connectivity index (χ4v) is 5.99. The number of carboxylic acids is 2. The van der Waals surface area contributed by atoms with Crippen molar-refractivity contribution in [2.45, 2.75) is 140 Å². The average molecular weight is 934 g/mol. The number of nitrogens with one attached hydrogen (secondary N) is 7. The summed E-state index contributed by atoms with van der Waals surface area (Å²) in [5.41, 5.74) is 12.5. The lowest BCUT2D eigenvalue weighted by atomic mass is 10.0. The van der Waals surface area contributed by atoms with E-state index >= 15 is 0 Å². The third kappa shape index (κ3) is 21.4. The molecule has 0 spiro atoms. The minimum absolute atomic E-state index is 0.0377. The van der Waals surface area contributed by atoms with Crippen LogP contribution in [0, 0.1) is 5.92 Å². The maximum atomic E-state index is 13.8. The van der Waals surface area contributed by atoms with Crippen LogP contribution in [0.15, 0.2) is 24.3 Å². The molecule has 1 aliphatic rings. The number of hydrogen-bond donors (Lipinski definition) is 13. The molecule has 0 aromatic heterocycles. The Hall–Kier alpha value is -6.08. The zero-order valence-corrected chi connectivity index (χ0v) is 36.5. The summed E-state index contributed by atoms with van der Waals surface area (Å²) in [4.78, 5) is 114. The third-order valence-electron chi connectivity index (χ3n) is 9.76. The van der Waals surface area contributed by atoms with Gasteiger partial charge in [-0.05, 0) is 95.4 Å². The molecule has 1 saturated heterocycles. The fourth-order valence-electron chi connectivity index (χ4n) is 5.99. The number of hydrogen-bond acceptors (Lipinski definition) is 13. The number of aliphatic carboxylic acids is 2. The molecule has 1 heterocycles. The SMILES string of the molecule is CC(C)[C@H](NC(=O)[C@H](C)NC(=O)[C@@H]1CCC(=O)NCCCC[C@H](NC(=O)[C@H](CCCCN)NC(=O)[C@@H](N)Cc2ccc(O)cc2)C(=O)N[C@@H]([C@@H](C)O)C(=O)N1)C(=O)O.O=C(O)C(F)(F)F. The number of carboxylic acid groups (broad SMARTS) is 2. The predicted molar refractivity (Wildman–Crippen MR) is 224 cm³/mol. The quantitative estimate of drug-likeness (QED) is 0.0763. The summed E-state index contributed by atoms with van der Waals surface area (Å²) < 4.78 is 31.7. The first-order valence-corrected chi connectivity index (χ1v) is 20.8. The number of benzene rings is 1. The molecule has 1 fully saturated rings. The molecule has 15 N–H and O–H groups in total. The first-order chi connectivity index (χ1) is 30.3. The number of nitrogens with two attached hydrogens (primary N) is 2. The van der Waals surface area contributed by atoms with Gasteiger partial charge in [0.25, 0.3) is 0 Å². The van der Waals surface area contributed by atoms with Crippen LogP contribution in [0.5, 0.6) is 5.75 Å². The van der Waals surface area contributed by atoms with E-state index in [-0.39, 0.29) is 44.4 Å². The van der Waals surface area contributed by atoms with E-state index in [1.54, 1.807) is 26.0 Å². The molecule has 65 heavy (non-hydrogen) atoms. The molecule has 0 unspecified atom stereocenters. The van der Waals surface area contributed by atoms with Gasteiger partial charge in [0, 0.05) is 13.0 Å². The van der Waals surface area contributed by atoms with Crippen LogP contribution in [0.3, 0.4) is 0 Å². The van der Waals surface area contributed by atoms with Crippen molar-refractivity contribution in [2.75, 3.05) is 13.1 Å². The van der Waals surface area contributed by atoms with Crippen molar-refractivity contribution in [1.82, 2.24) is 37.2 Å². The van der Waals surface area contributed by atoms with Gasteiger partial charge in [0.05, 0.1) is 12.1 Å². The molecule has 0 saturated carbocycles. The molecule has 366 valence electrons. The first-order valence-electron chi connectivity index (χ1n) is 20.8. The van der Waals surface area contributed by atoms with Crippen LogP contribution in [0.2, 0.25) is 0 Å². The average Bonchev–Trinajstić information content (AvgIpc) is 3.22. The van der Waals surface area contributed by atoms with E-state index in [1.807, 2.05) is 0 Å². The smallest absolute Gasteiger partial charge is 0.490 e. The maximum Gasteiger partial charge on any atom is 0.490 e. The summed E-state index contributed by atoms with van der Waals surface area (Å²) in [6.45, 7) is 6.22. The van der Waals surface area contributed by atoms with Crippen molar-refractivity contribution in [3.8, 4) is 5.75 Å². The van der Waals surface area contributed by atoms with E-state index in [0.29, 0.717) is 37.8 Å². The fraction of sp³-hybridized carbons (Fsp3) is 0.625. The number of rotatable bonds is 17. The van der Waals surface area contributed by atoms with Gasteiger partial charge in [-0.15, -0.1) is 0 Å². The van der Waals surface area contributed by atoms with Crippen LogP contribution < -0.4 is 48.7 Å². The van der Waals surface area contributed by atoms with Gasteiger partial charge in [-0.25, -0.2) is 9.59 Å². The Labute approximate surface area is 372 Å². The van der Waals surface area contributed by atoms with Crippen LogP contribution >= 0.6 is 0 Å². The Morgan fingerprint density at radius 3 is 2.00 bits per heavy atom. The van der Waals surface area contributed by atoms with E-state index < -0.39 is 114 Å². The summed E-state index contributed by atoms with van der Waals surface area (Å²) in [6.07, 6.45) is -5.10. The van der Waals surface area contributed by atoms with Gasteiger partial charge >= 0.3 is 18.1 Å². The largest absolute Gasteiger partial charge is 0.508 e. The minimum atomic E-state index is -5.08. The van der Waals surface area contributed by atoms with E-state index in [0.717, 1.165) is 0 Å². The molecule has 22 nitrogen and oxygen atoms in total. The summed E-state index contributed by atoms with van der Waals surface area (Å²) in [5.74, 6) is -9.84. The molecule has 7 amide bonds. The van der Waals surface area contributed by atoms with Crippen molar-refractivity contribution in [2.24, 2.45) is 17.4 Å². The number of phenolic OH excluding ortho intramolecular Hbond substituents is 1. The van der Waals surface area contributed by atoms with Crippen molar-refractivity contribution in [1.29, 1.82) is 0 Å². The van der Waals surface area contributed by atoms with Gasteiger partial charge in [0.1, 0.15) is 42.0 Å². The first kappa shape index (κ1) is 56.9. The molecule has 25 heteroatoms. The minimum Gasteiger partial charge on any atom is -0.508 e. The highest BCUT2D eigenvalue weighted by molar-refractivity contribution is 5.97. The van der Waals surface area contributed by atoms with Gasteiger partial charge in [0.2, 0.25) is 41.4 Å². The lowest BCUT2D eigenvalue weighted by Gasteiger charge is -2.28. The van der Waals surface area contributed by atoms with Gasteiger partial charge in [-0.2, -0.15) is 13.2 Å². The Balaban J connectivity index is 0.00000277. The highest BCUT2D eigenvalue weighted by atomic mass is 19.4. The number of amides is 7. The second-order valence-corrected chi connectivity index (χ2v) is 15.7. The molecule has 2 rings (SSSR count). The Kier molecular flexibility index (Phi) is 24.5. The number of aliphatic hydroxyl groups is 1. The van der Waals surface area contributed by atoms with Crippen molar-refractivity contribution >= 4 is 53.3 Å². The van der Waals surface area contributed by atoms with Gasteiger partial charge < -0.3 is 69.1 Å². The van der Waals surface area contributed by atoms with Gasteiger partial charge in [-0.3, -0.25) is 33.6 Å². The van der Waals surface area contributed by atoms with Crippen LogP contribution in [0.4, 0.5) is 13.2 Å². The molecule has 1 aliphatic heterocycles. The van der Waals surface area contributed by atoms with Crippen molar-refractivity contribution < 1.29 is 76.7 Å². The summed E-state index contributed by atoms with van der Waals surface area (Å²) in [5, 5.41) is 54.4. The standard InChI is InChI=1S/C38H61N9O11.C2HF3O2/c1-20(2)30(38(57)58)46-32(51)21(3)42-34(53)28-15-16-29(50)41-18-8-6-10-27(36(55)47-31(22(4)48)37(56)45-28)44-35(54)26(9-5-7-17-39)43-33(52)25(40)19-23-11-13-24(49)14-12-23;3-2(4,5)1(6)7/h11-14,20-22,25-28,30-31,48-49H,5-10,15-19,39-40H2,1-4H3,(H,41,50)(H,42,53)(H,43,52)(H,44,54)(H,45,56)(H,46,51)(H,47,55)(H,57,58);(H,6,7)/t21-,22+,25-,26-,27-,28-,30-,31-;/m0./s1. The summed E-state index contributed by atoms with van der Waals surface area (Å²) >= 11 is 0. The van der Waals surface area contributed by atoms with E-state index in [4.69, 9.17) is 21.4 Å². The number of carbonyl (C=O) groups excluding carboxylic acids is 7. The molecular weight excluding hydrogens is 871 g/mol. The Morgan fingerprint density at radius 1 is 0.846 bits per heavy atom. The number of halogens is 3. The number of phenols is 1. The zero-order valence-electron chi connectivity index (χ0n) is 36.5. The van der Waals surface area contributed by atoms with Crippen LogP contribution in [0.1, 0.15) is 84.6 Å². The topological polar surface area (TPSA) is 371 Å². The number of unbranched alkanes of at least 4 members (excludes halogenated alkanes) is 1. The van der Waals surface area contributed by atoms with E-state index in [1.165, 1.54) is 26.0 Å². The second-order valence-electron chi connectivity index (χ2n) is 15.7. The van der Waals surface area contributed by atoms with Crippen LogP contribution in [0.25, 0.3) is 0 Å². The molecule has 1 aromatic rings. The number of alkyl halides is 3. The predicted octanol–water partition coefficient (Wildman–Crippen LogP) is -1.85. The Bertz CT molecular complexity index is 1790. The monoisotopic (exact) mass is 933 g/mol. The van der Waals surface area contributed by atoms with Gasteiger partial charge in [-0.1, -0.05) is 26.0 Å². The summed E-state index contributed by atoms with van der Waals surface area (Å²) in [6, 6.07) is -2.93. The molecule has 0 aliphatic carbocycles. The normalized spacial score (nSPS) is 19.9. The van der Waals surface area contributed by atoms with Crippen LogP contribution in [-0.2, 0) is 49.6 Å². The number of aromatic hydroxyl groups is 1. The van der Waals surface area contributed by atoms with Gasteiger partial charge in [0.15, 0.2) is 0 Å². The Morgan fingerprint density at radius 2 is 1.46 bits per heavy atom. The molecule has 0 bridgehead atoms. The van der Waals surface area contributed by atoms with Crippen molar-refractivity contribution in [3.63, 3.8) is 0 Å². The van der Waals surface area contributed by atoms with E-state index in [9.17, 15) is 66.8 Å². The molecular formula is C40H62F3N9O13. The number of aliphatic hydroxyl groups excluding tert-OH is 1. The molecule has 0 radical (unpaired) electrons. The third-order valence-corrected chi connectivity index (χ3v) is 9.76. The molecule has 8 atom stereocenters. The highest BCUT2D eigenvalue weighted by Crippen LogP contribution is 2.14.